The van der Waals surface area contributed by atoms with E-state index in [2.05, 4.69) is 0 Å². The van der Waals surface area contributed by atoms with Crippen molar-refractivity contribution in [3.63, 3.8) is 0 Å². The molecule has 0 spiro atoms. The van der Waals surface area contributed by atoms with Gasteiger partial charge in [0.05, 0.1) is 18.8 Å². The van der Waals surface area contributed by atoms with Gasteiger partial charge in [-0.2, -0.15) is 11.8 Å². The molecule has 1 saturated heterocycles. The van der Waals surface area contributed by atoms with Gasteiger partial charge in [0.25, 0.3) is 0 Å². The maximum atomic E-state index is 12.7. The van der Waals surface area contributed by atoms with E-state index in [1.54, 1.807) is 12.1 Å². The smallest absolute Gasteiger partial charge is 0.123 e. The number of hydrogen-bond acceptors (Lipinski definition) is 3. The highest BCUT2D eigenvalue weighted by Crippen LogP contribution is 2.23. The van der Waals surface area contributed by atoms with Crippen LogP contribution in [0.4, 0.5) is 4.39 Å². The van der Waals surface area contributed by atoms with Crippen LogP contribution in [-0.2, 0) is 4.74 Å². The molecule has 0 amide bonds. The molecule has 1 fully saturated rings. The summed E-state index contributed by atoms with van der Waals surface area (Å²) in [6.45, 7) is 0.754. The Bertz CT molecular complexity index is 311. The van der Waals surface area contributed by atoms with Crippen molar-refractivity contribution in [2.45, 2.75) is 12.1 Å². The van der Waals surface area contributed by atoms with E-state index in [-0.39, 0.29) is 18.0 Å². The van der Waals surface area contributed by atoms with Crippen LogP contribution in [-0.4, -0.2) is 24.2 Å². The van der Waals surface area contributed by atoms with Gasteiger partial charge < -0.3 is 10.5 Å². The highest BCUT2D eigenvalue weighted by atomic mass is 32.2. The minimum atomic E-state index is -0.232. The van der Waals surface area contributed by atoms with Crippen LogP contribution in [0.3, 0.4) is 0 Å². The molecule has 82 valence electrons. The van der Waals surface area contributed by atoms with Crippen LogP contribution in [0.25, 0.3) is 0 Å². The summed E-state index contributed by atoms with van der Waals surface area (Å²) in [5.41, 5.74) is 6.99. The van der Waals surface area contributed by atoms with E-state index in [9.17, 15) is 4.39 Å². The summed E-state index contributed by atoms with van der Waals surface area (Å²) in [7, 11) is 0. The first kappa shape index (κ1) is 10.9. The highest BCUT2D eigenvalue weighted by molar-refractivity contribution is 7.99. The summed E-state index contributed by atoms with van der Waals surface area (Å²) in [5.74, 6) is 1.72. The van der Waals surface area contributed by atoms with Gasteiger partial charge in [0.2, 0.25) is 0 Å². The monoisotopic (exact) mass is 227 g/mol. The third kappa shape index (κ3) is 2.71. The zero-order valence-electron chi connectivity index (χ0n) is 8.36. The van der Waals surface area contributed by atoms with Gasteiger partial charge in [-0.25, -0.2) is 4.39 Å². The number of hydrogen-bond donors (Lipinski definition) is 1. The van der Waals surface area contributed by atoms with Crippen molar-refractivity contribution < 1.29 is 9.13 Å². The lowest BCUT2D eigenvalue weighted by molar-refractivity contribution is 0.0569. The summed E-state index contributed by atoms with van der Waals surface area (Å²) in [5, 5.41) is 0. The van der Waals surface area contributed by atoms with Gasteiger partial charge >= 0.3 is 0 Å². The van der Waals surface area contributed by atoms with E-state index in [0.29, 0.717) is 0 Å². The second-order valence-electron chi connectivity index (χ2n) is 3.56. The van der Waals surface area contributed by atoms with Crippen LogP contribution in [0.2, 0.25) is 0 Å². The van der Waals surface area contributed by atoms with Gasteiger partial charge in [-0.3, -0.25) is 0 Å². The van der Waals surface area contributed by atoms with E-state index in [1.165, 1.54) is 12.1 Å². The summed E-state index contributed by atoms with van der Waals surface area (Å²) >= 11 is 1.85. The second kappa shape index (κ2) is 4.96. The van der Waals surface area contributed by atoms with E-state index in [1.807, 2.05) is 11.8 Å². The Balaban J connectivity index is 2.05. The normalized spacial score (nSPS) is 23.7. The van der Waals surface area contributed by atoms with E-state index >= 15 is 0 Å². The van der Waals surface area contributed by atoms with Gasteiger partial charge in [0, 0.05) is 11.5 Å². The van der Waals surface area contributed by atoms with Crippen molar-refractivity contribution in [2.24, 2.45) is 5.73 Å². The molecule has 15 heavy (non-hydrogen) atoms. The molecule has 1 heterocycles. The Kier molecular flexibility index (Phi) is 3.61. The lowest BCUT2D eigenvalue weighted by Gasteiger charge is -2.27. The molecule has 0 aliphatic carbocycles. The molecule has 1 aliphatic rings. The Hall–Kier alpha value is -0.580. The number of ether oxygens (including phenoxy) is 1. The zero-order chi connectivity index (χ0) is 10.7. The number of nitrogens with two attached hydrogens (primary N) is 1. The summed E-state index contributed by atoms with van der Waals surface area (Å²) in [6, 6.07) is 6.17. The molecule has 0 radical (unpaired) electrons. The van der Waals surface area contributed by atoms with Crippen LogP contribution < -0.4 is 5.73 Å². The predicted molar refractivity (Wildman–Crippen MR) is 60.4 cm³/mol. The molecular weight excluding hydrogens is 213 g/mol. The minimum absolute atomic E-state index is 0.0502. The molecule has 1 aromatic rings. The molecule has 2 N–H and O–H groups in total. The average molecular weight is 227 g/mol. The predicted octanol–water partition coefficient (Wildman–Crippen LogP) is 1.96. The van der Waals surface area contributed by atoms with Gasteiger partial charge in [0.15, 0.2) is 0 Å². The van der Waals surface area contributed by atoms with Crippen molar-refractivity contribution in [1.82, 2.24) is 0 Å². The van der Waals surface area contributed by atoms with Crippen molar-refractivity contribution in [1.29, 1.82) is 0 Å². The molecule has 0 saturated carbocycles. The summed E-state index contributed by atoms with van der Waals surface area (Å²) < 4.78 is 18.3. The van der Waals surface area contributed by atoms with E-state index < -0.39 is 0 Å². The molecule has 0 aromatic heterocycles. The first-order chi connectivity index (χ1) is 7.27. The third-order valence-corrected chi connectivity index (χ3v) is 3.52. The maximum Gasteiger partial charge on any atom is 0.123 e. The first-order valence-corrected chi connectivity index (χ1v) is 6.13. The van der Waals surface area contributed by atoms with Gasteiger partial charge in [-0.15, -0.1) is 0 Å². The Morgan fingerprint density at radius 2 is 2.13 bits per heavy atom. The summed E-state index contributed by atoms with van der Waals surface area (Å²) in [4.78, 5) is 0. The molecule has 2 nitrogen and oxygen atoms in total. The Labute approximate surface area is 93.0 Å². The number of halogens is 1. The molecule has 4 heteroatoms. The molecule has 0 bridgehead atoms. The van der Waals surface area contributed by atoms with Crippen LogP contribution in [0.15, 0.2) is 24.3 Å². The Morgan fingerprint density at radius 1 is 1.40 bits per heavy atom. The average Bonchev–Trinajstić information content (AvgIpc) is 2.30. The Morgan fingerprint density at radius 3 is 2.73 bits per heavy atom. The van der Waals surface area contributed by atoms with Gasteiger partial charge in [-0.05, 0) is 17.7 Å². The van der Waals surface area contributed by atoms with E-state index in [0.717, 1.165) is 23.7 Å². The van der Waals surface area contributed by atoms with Crippen LogP contribution in [0.1, 0.15) is 11.6 Å². The summed E-state index contributed by atoms with van der Waals surface area (Å²) in [6.07, 6.45) is 0.0502. The van der Waals surface area contributed by atoms with Crippen LogP contribution in [0, 0.1) is 5.82 Å². The van der Waals surface area contributed by atoms with Crippen molar-refractivity contribution in [3.8, 4) is 0 Å². The number of benzene rings is 1. The molecule has 1 aromatic carbocycles. The van der Waals surface area contributed by atoms with Gasteiger partial charge in [0.1, 0.15) is 5.82 Å². The van der Waals surface area contributed by atoms with Crippen molar-refractivity contribution in [2.75, 3.05) is 18.1 Å². The van der Waals surface area contributed by atoms with Crippen molar-refractivity contribution >= 4 is 11.8 Å². The lowest BCUT2D eigenvalue weighted by Crippen LogP contribution is -2.34. The molecule has 1 aliphatic heterocycles. The molecule has 2 atom stereocenters. The zero-order valence-corrected chi connectivity index (χ0v) is 9.17. The lowest BCUT2D eigenvalue weighted by atomic mass is 10.0. The molecular formula is C11H14FNOS. The molecule has 2 unspecified atom stereocenters. The van der Waals surface area contributed by atoms with Crippen molar-refractivity contribution in [3.05, 3.63) is 35.6 Å². The SMILES string of the molecule is NC(c1ccc(F)cc1)C1CSCCO1. The number of thioether (sulfide) groups is 1. The molecule has 2 rings (SSSR count). The first-order valence-electron chi connectivity index (χ1n) is 4.98. The maximum absolute atomic E-state index is 12.7. The topological polar surface area (TPSA) is 35.2 Å². The van der Waals surface area contributed by atoms with Gasteiger partial charge in [-0.1, -0.05) is 12.1 Å². The largest absolute Gasteiger partial charge is 0.375 e. The third-order valence-electron chi connectivity index (χ3n) is 2.50. The minimum Gasteiger partial charge on any atom is -0.375 e. The highest BCUT2D eigenvalue weighted by Gasteiger charge is 2.22. The van der Waals surface area contributed by atoms with E-state index in [4.69, 9.17) is 10.5 Å². The number of rotatable bonds is 2. The van der Waals surface area contributed by atoms with Crippen LogP contribution in [0.5, 0.6) is 0 Å². The second-order valence-corrected chi connectivity index (χ2v) is 4.71. The standard InChI is InChI=1S/C11H14FNOS/c12-9-3-1-8(2-4-9)11(13)10-7-15-6-5-14-10/h1-4,10-11H,5-7,13H2. The van der Waals surface area contributed by atoms with Crippen LogP contribution >= 0.6 is 11.8 Å². The fourth-order valence-corrected chi connectivity index (χ4v) is 2.53. The quantitative estimate of drug-likeness (QED) is 0.838. The fraction of sp³-hybridized carbons (Fsp3) is 0.455. The fourth-order valence-electron chi connectivity index (χ4n) is 1.61.